The summed E-state index contributed by atoms with van der Waals surface area (Å²) in [5.74, 6) is -0.132. The number of hydrogen-bond acceptors (Lipinski definition) is 6. The van der Waals surface area contributed by atoms with Gasteiger partial charge >= 0.3 is 0 Å². The van der Waals surface area contributed by atoms with Crippen molar-refractivity contribution < 1.29 is 27.4 Å². The SMILES string of the molecule is C[C@@H]1CCOc2ccc(F)cc2CN2c3nc4c(cnn4cc3OC[C@H]2C(F)F)C(=O)N1. The third kappa shape index (κ3) is 3.57. The molecule has 168 valence electrons. The van der Waals surface area contributed by atoms with Crippen molar-refractivity contribution in [1.82, 2.24) is 19.9 Å². The predicted octanol–water partition coefficient (Wildman–Crippen LogP) is 2.80. The molecule has 32 heavy (non-hydrogen) atoms. The molecular weight excluding hydrogens is 427 g/mol. The number of nitrogens with one attached hydrogen (secondary N) is 1. The van der Waals surface area contributed by atoms with Gasteiger partial charge in [0, 0.05) is 24.6 Å². The van der Waals surface area contributed by atoms with Crippen LogP contribution < -0.4 is 19.7 Å². The molecular formula is C21H20F3N5O3. The van der Waals surface area contributed by atoms with Gasteiger partial charge in [0.1, 0.15) is 29.8 Å². The Morgan fingerprint density at radius 3 is 2.91 bits per heavy atom. The fraction of sp³-hybridized carbons (Fsp3) is 0.381. The predicted molar refractivity (Wildman–Crippen MR) is 108 cm³/mol. The van der Waals surface area contributed by atoms with Crippen LogP contribution in [0, 0.1) is 5.82 Å². The first-order valence-electron chi connectivity index (χ1n) is 10.2. The van der Waals surface area contributed by atoms with Gasteiger partial charge in [-0.05, 0) is 25.1 Å². The molecule has 0 radical (unpaired) electrons. The van der Waals surface area contributed by atoms with Crippen LogP contribution in [0.3, 0.4) is 0 Å². The van der Waals surface area contributed by atoms with Crippen LogP contribution >= 0.6 is 0 Å². The molecule has 4 heterocycles. The van der Waals surface area contributed by atoms with E-state index in [1.807, 2.05) is 6.92 Å². The van der Waals surface area contributed by atoms with E-state index < -0.39 is 18.3 Å². The van der Waals surface area contributed by atoms with E-state index >= 15 is 0 Å². The second-order valence-corrected chi connectivity index (χ2v) is 7.86. The van der Waals surface area contributed by atoms with Crippen molar-refractivity contribution in [2.24, 2.45) is 0 Å². The van der Waals surface area contributed by atoms with E-state index in [0.717, 1.165) is 0 Å². The summed E-state index contributed by atoms with van der Waals surface area (Å²) in [7, 11) is 0. The molecule has 11 heteroatoms. The maximum Gasteiger partial charge on any atom is 0.261 e. The number of carbonyl (C=O) groups excluding carboxylic acids is 1. The Morgan fingerprint density at radius 2 is 2.09 bits per heavy atom. The number of aromatic nitrogens is 3. The van der Waals surface area contributed by atoms with Crippen molar-refractivity contribution in [3.63, 3.8) is 0 Å². The van der Waals surface area contributed by atoms with E-state index in [9.17, 15) is 18.0 Å². The first-order valence-corrected chi connectivity index (χ1v) is 10.2. The highest BCUT2D eigenvalue weighted by Crippen LogP contribution is 2.37. The zero-order valence-electron chi connectivity index (χ0n) is 17.1. The molecule has 2 bridgehead atoms. The Labute approximate surface area is 180 Å². The van der Waals surface area contributed by atoms with Crippen LogP contribution in [0.25, 0.3) is 5.65 Å². The number of benzene rings is 1. The number of amides is 1. The number of carbonyl (C=O) groups is 1. The van der Waals surface area contributed by atoms with E-state index in [0.29, 0.717) is 17.7 Å². The summed E-state index contributed by atoms with van der Waals surface area (Å²) < 4.78 is 54.7. The van der Waals surface area contributed by atoms with Crippen LogP contribution in [0.4, 0.5) is 19.0 Å². The second-order valence-electron chi connectivity index (χ2n) is 7.86. The molecule has 0 fully saturated rings. The zero-order valence-corrected chi connectivity index (χ0v) is 17.1. The molecule has 3 aromatic rings. The first-order chi connectivity index (χ1) is 15.4. The Hall–Kier alpha value is -3.50. The van der Waals surface area contributed by atoms with Crippen LogP contribution in [0.1, 0.15) is 29.3 Å². The van der Waals surface area contributed by atoms with E-state index in [1.54, 1.807) is 0 Å². The highest BCUT2D eigenvalue weighted by molar-refractivity contribution is 6.00. The van der Waals surface area contributed by atoms with E-state index in [2.05, 4.69) is 15.4 Å². The molecule has 2 atom stereocenters. The molecule has 0 saturated carbocycles. The number of hydrogen-bond donors (Lipinski definition) is 1. The lowest BCUT2D eigenvalue weighted by Crippen LogP contribution is -2.47. The number of halogens is 3. The molecule has 1 N–H and O–H groups in total. The van der Waals surface area contributed by atoms with Crippen LogP contribution in [-0.4, -0.2) is 52.2 Å². The molecule has 5 rings (SSSR count). The van der Waals surface area contributed by atoms with Crippen LogP contribution in [0.15, 0.2) is 30.6 Å². The summed E-state index contributed by atoms with van der Waals surface area (Å²) in [5.41, 5.74) is 0.834. The molecule has 1 aromatic carbocycles. The molecule has 1 amide bonds. The molecule has 2 aliphatic rings. The number of alkyl halides is 2. The number of ether oxygens (including phenoxy) is 2. The highest BCUT2D eigenvalue weighted by Gasteiger charge is 2.37. The van der Waals surface area contributed by atoms with Crippen LogP contribution in [0.5, 0.6) is 11.5 Å². The molecule has 2 aromatic heterocycles. The fourth-order valence-corrected chi connectivity index (χ4v) is 3.89. The Morgan fingerprint density at radius 1 is 1.25 bits per heavy atom. The molecule has 0 unspecified atom stereocenters. The number of rotatable bonds is 1. The summed E-state index contributed by atoms with van der Waals surface area (Å²) in [6, 6.07) is 2.47. The van der Waals surface area contributed by atoms with Crippen LogP contribution in [-0.2, 0) is 6.54 Å². The van der Waals surface area contributed by atoms with Gasteiger partial charge in [-0.3, -0.25) is 4.79 Å². The topological polar surface area (TPSA) is 81.0 Å². The van der Waals surface area contributed by atoms with Crippen molar-refractivity contribution in [3.8, 4) is 11.5 Å². The summed E-state index contributed by atoms with van der Waals surface area (Å²) in [4.78, 5) is 18.6. The normalized spacial score (nSPS) is 21.0. The second kappa shape index (κ2) is 7.88. The summed E-state index contributed by atoms with van der Waals surface area (Å²) in [6.45, 7) is 1.73. The number of fused-ring (bicyclic) bond motifs is 1. The van der Waals surface area contributed by atoms with E-state index in [-0.39, 0.29) is 54.5 Å². The van der Waals surface area contributed by atoms with Gasteiger partial charge in [-0.15, -0.1) is 0 Å². The van der Waals surface area contributed by atoms with Crippen LogP contribution in [0.2, 0.25) is 0 Å². The quantitative estimate of drug-likeness (QED) is 0.618. The highest BCUT2D eigenvalue weighted by atomic mass is 19.3. The fourth-order valence-electron chi connectivity index (χ4n) is 3.89. The van der Waals surface area contributed by atoms with Crippen molar-refractivity contribution in [1.29, 1.82) is 0 Å². The third-order valence-corrected chi connectivity index (χ3v) is 5.61. The average Bonchev–Trinajstić information content (AvgIpc) is 3.16. The monoisotopic (exact) mass is 447 g/mol. The van der Waals surface area contributed by atoms with Gasteiger partial charge in [0.25, 0.3) is 12.3 Å². The van der Waals surface area contributed by atoms with Gasteiger partial charge in [-0.2, -0.15) is 5.10 Å². The summed E-state index contributed by atoms with van der Waals surface area (Å²) in [5, 5.41) is 7.02. The van der Waals surface area contributed by atoms with Gasteiger partial charge in [-0.25, -0.2) is 22.7 Å². The van der Waals surface area contributed by atoms with E-state index in [4.69, 9.17) is 9.47 Å². The Bertz CT molecular complexity index is 1180. The zero-order chi connectivity index (χ0) is 22.4. The van der Waals surface area contributed by atoms with Crippen molar-refractivity contribution in [2.45, 2.75) is 38.4 Å². The maximum absolute atomic E-state index is 14.1. The smallest absolute Gasteiger partial charge is 0.261 e. The largest absolute Gasteiger partial charge is 0.493 e. The summed E-state index contributed by atoms with van der Waals surface area (Å²) in [6.07, 6.45) is 0.618. The lowest BCUT2D eigenvalue weighted by atomic mass is 10.1. The lowest BCUT2D eigenvalue weighted by molar-refractivity contribution is 0.0765. The molecule has 0 aliphatic carbocycles. The van der Waals surface area contributed by atoms with Gasteiger partial charge in [0.15, 0.2) is 17.2 Å². The average molecular weight is 447 g/mol. The van der Waals surface area contributed by atoms with Gasteiger partial charge in [-0.1, -0.05) is 0 Å². The van der Waals surface area contributed by atoms with Gasteiger partial charge in [0.05, 0.1) is 19.0 Å². The maximum atomic E-state index is 14.1. The molecule has 2 aliphatic heterocycles. The van der Waals surface area contributed by atoms with Gasteiger partial charge in [0.2, 0.25) is 0 Å². The standard InChI is InChI=1S/C21H20F3N5O3/c1-11-4-5-31-16-3-2-13(22)6-12(16)8-28-15(18(23)24)10-32-17-9-29-19(27-20(17)28)14(7-25-29)21(30)26-11/h2-3,6-7,9,11,15,18H,4-5,8,10H2,1H3,(H,26,30)/t11-,15+/m1/s1. The van der Waals surface area contributed by atoms with Crippen molar-refractivity contribution >= 4 is 17.4 Å². The van der Waals surface area contributed by atoms with E-state index in [1.165, 1.54) is 40.0 Å². The van der Waals surface area contributed by atoms with Gasteiger partial charge < -0.3 is 19.7 Å². The number of anilines is 1. The number of nitrogens with zero attached hydrogens (tertiary/aromatic N) is 4. The first kappa shape index (κ1) is 20.4. The Kier molecular flexibility index (Phi) is 5.03. The Balaban J connectivity index is 1.69. The summed E-state index contributed by atoms with van der Waals surface area (Å²) >= 11 is 0. The molecule has 0 saturated heterocycles. The minimum Gasteiger partial charge on any atom is -0.493 e. The van der Waals surface area contributed by atoms with Crippen molar-refractivity contribution in [2.75, 3.05) is 18.1 Å². The van der Waals surface area contributed by atoms with Crippen molar-refractivity contribution in [3.05, 3.63) is 47.5 Å². The molecule has 8 nitrogen and oxygen atoms in total. The third-order valence-electron chi connectivity index (χ3n) is 5.61. The molecule has 0 spiro atoms. The minimum absolute atomic E-state index is 0.0765. The minimum atomic E-state index is -2.74. The lowest BCUT2D eigenvalue weighted by Gasteiger charge is -2.37.